The first-order valence-electron chi connectivity index (χ1n) is 6.29. The van der Waals surface area contributed by atoms with Crippen molar-refractivity contribution in [1.29, 1.82) is 0 Å². The van der Waals surface area contributed by atoms with E-state index in [0.29, 0.717) is 31.5 Å². The zero-order chi connectivity index (χ0) is 12.6. The SMILES string of the molecule is C[Si](C)(C)CCOC(=O)N1C[C@@H]2C(C=O)[C@@H]2C1. The second-order valence-electron chi connectivity index (χ2n) is 6.37. The number of carbonyl (C=O) groups is 2. The Hall–Kier alpha value is -0.843. The zero-order valence-electron chi connectivity index (χ0n) is 10.8. The molecule has 5 heteroatoms. The maximum Gasteiger partial charge on any atom is 0.409 e. The Labute approximate surface area is 103 Å². The van der Waals surface area contributed by atoms with Crippen molar-refractivity contribution in [1.82, 2.24) is 4.90 Å². The van der Waals surface area contributed by atoms with E-state index in [1.54, 1.807) is 4.90 Å². The van der Waals surface area contributed by atoms with E-state index in [1.807, 2.05) is 0 Å². The lowest BCUT2D eigenvalue weighted by atomic mass is 10.3. The molecule has 2 aliphatic rings. The number of rotatable bonds is 4. The summed E-state index contributed by atoms with van der Waals surface area (Å²) in [4.78, 5) is 24.1. The molecule has 0 aromatic heterocycles. The lowest BCUT2D eigenvalue weighted by Gasteiger charge is -2.20. The van der Waals surface area contributed by atoms with E-state index in [2.05, 4.69) is 19.6 Å². The molecule has 0 radical (unpaired) electrons. The third-order valence-corrected chi connectivity index (χ3v) is 5.46. The van der Waals surface area contributed by atoms with E-state index < -0.39 is 8.07 Å². The molecular formula is C12H21NO3Si. The molecule has 3 atom stereocenters. The van der Waals surface area contributed by atoms with Gasteiger partial charge in [-0.1, -0.05) is 19.6 Å². The fourth-order valence-electron chi connectivity index (χ4n) is 2.46. The number of amides is 1. The van der Waals surface area contributed by atoms with Gasteiger partial charge in [0.1, 0.15) is 6.29 Å². The lowest BCUT2D eigenvalue weighted by Crippen LogP contribution is -2.33. The fraction of sp³-hybridized carbons (Fsp3) is 0.833. The van der Waals surface area contributed by atoms with Crippen LogP contribution in [0, 0.1) is 17.8 Å². The third-order valence-electron chi connectivity index (χ3n) is 3.75. The van der Waals surface area contributed by atoms with E-state index in [-0.39, 0.29) is 12.0 Å². The number of aldehydes is 1. The van der Waals surface area contributed by atoms with Crippen LogP contribution in [0.3, 0.4) is 0 Å². The van der Waals surface area contributed by atoms with Crippen LogP contribution < -0.4 is 0 Å². The first-order chi connectivity index (χ1) is 7.92. The van der Waals surface area contributed by atoms with Crippen molar-refractivity contribution in [3.8, 4) is 0 Å². The third kappa shape index (κ3) is 2.88. The van der Waals surface area contributed by atoms with Crippen LogP contribution in [0.1, 0.15) is 0 Å². The summed E-state index contributed by atoms with van der Waals surface area (Å²) in [6, 6.07) is 1.01. The first-order valence-corrected chi connectivity index (χ1v) is 10.00. The van der Waals surface area contributed by atoms with Crippen molar-refractivity contribution in [3.05, 3.63) is 0 Å². The molecule has 2 fully saturated rings. The van der Waals surface area contributed by atoms with Crippen molar-refractivity contribution >= 4 is 20.5 Å². The highest BCUT2D eigenvalue weighted by Crippen LogP contribution is 2.50. The van der Waals surface area contributed by atoms with Crippen LogP contribution in [-0.4, -0.2) is 45.0 Å². The van der Waals surface area contributed by atoms with Crippen molar-refractivity contribution in [3.63, 3.8) is 0 Å². The van der Waals surface area contributed by atoms with Crippen molar-refractivity contribution in [2.45, 2.75) is 25.7 Å². The second-order valence-corrected chi connectivity index (χ2v) is 12.0. The van der Waals surface area contributed by atoms with Crippen molar-refractivity contribution in [2.75, 3.05) is 19.7 Å². The van der Waals surface area contributed by atoms with Gasteiger partial charge in [-0.3, -0.25) is 0 Å². The molecule has 0 spiro atoms. The number of nitrogens with zero attached hydrogens (tertiary/aromatic N) is 1. The van der Waals surface area contributed by atoms with Gasteiger partial charge in [0, 0.05) is 27.1 Å². The van der Waals surface area contributed by atoms with Crippen LogP contribution in [0.4, 0.5) is 4.79 Å². The van der Waals surface area contributed by atoms with Gasteiger partial charge in [-0.2, -0.15) is 0 Å². The Morgan fingerprint density at radius 3 is 2.41 bits per heavy atom. The predicted molar refractivity (Wildman–Crippen MR) is 67.6 cm³/mol. The molecule has 1 saturated carbocycles. The molecule has 0 bridgehead atoms. The van der Waals surface area contributed by atoms with Gasteiger partial charge in [-0.25, -0.2) is 4.79 Å². The summed E-state index contributed by atoms with van der Waals surface area (Å²) in [7, 11) is -1.13. The highest BCUT2D eigenvalue weighted by atomic mass is 28.3. The lowest BCUT2D eigenvalue weighted by molar-refractivity contribution is -0.109. The summed E-state index contributed by atoms with van der Waals surface area (Å²) < 4.78 is 5.27. The molecule has 0 aromatic rings. The van der Waals surface area contributed by atoms with Gasteiger partial charge in [0.25, 0.3) is 0 Å². The average Bonchev–Trinajstić information content (AvgIpc) is 2.68. The minimum atomic E-state index is -1.13. The van der Waals surface area contributed by atoms with Gasteiger partial charge in [-0.15, -0.1) is 0 Å². The molecule has 1 saturated heterocycles. The summed E-state index contributed by atoms with van der Waals surface area (Å²) in [5, 5.41) is 0. The number of hydrogen-bond acceptors (Lipinski definition) is 3. The van der Waals surface area contributed by atoms with Gasteiger partial charge >= 0.3 is 6.09 Å². The Morgan fingerprint density at radius 2 is 1.94 bits per heavy atom. The molecule has 17 heavy (non-hydrogen) atoms. The molecule has 0 N–H and O–H groups in total. The van der Waals surface area contributed by atoms with Crippen molar-refractivity contribution < 1.29 is 14.3 Å². The van der Waals surface area contributed by atoms with E-state index in [4.69, 9.17) is 4.74 Å². The fourth-order valence-corrected chi connectivity index (χ4v) is 3.17. The number of carbonyl (C=O) groups excluding carboxylic acids is 2. The smallest absolute Gasteiger partial charge is 0.409 e. The number of likely N-dealkylation sites (tertiary alicyclic amines) is 1. The van der Waals surface area contributed by atoms with Crippen LogP contribution in [0.15, 0.2) is 0 Å². The Bertz CT molecular complexity index is 314. The van der Waals surface area contributed by atoms with Crippen LogP contribution in [0.25, 0.3) is 0 Å². The molecule has 2 rings (SSSR count). The topological polar surface area (TPSA) is 46.6 Å². The van der Waals surface area contributed by atoms with Gasteiger partial charge in [0.2, 0.25) is 0 Å². The van der Waals surface area contributed by atoms with Crippen LogP contribution in [0.2, 0.25) is 25.7 Å². The minimum absolute atomic E-state index is 0.194. The average molecular weight is 255 g/mol. The van der Waals surface area contributed by atoms with E-state index >= 15 is 0 Å². The predicted octanol–water partition coefficient (Wildman–Crippen LogP) is 1.84. The van der Waals surface area contributed by atoms with Gasteiger partial charge in [0.05, 0.1) is 6.61 Å². The maximum atomic E-state index is 11.7. The van der Waals surface area contributed by atoms with Gasteiger partial charge < -0.3 is 14.4 Å². The highest BCUT2D eigenvalue weighted by molar-refractivity contribution is 6.76. The van der Waals surface area contributed by atoms with E-state index in [1.165, 1.54) is 0 Å². The van der Waals surface area contributed by atoms with Crippen LogP contribution in [-0.2, 0) is 9.53 Å². The van der Waals surface area contributed by atoms with Gasteiger partial charge in [-0.05, 0) is 17.9 Å². The Kier molecular flexibility index (Phi) is 3.29. The summed E-state index contributed by atoms with van der Waals surface area (Å²) in [5.74, 6) is 1.04. The number of hydrogen-bond donors (Lipinski definition) is 0. The monoisotopic (exact) mass is 255 g/mol. The summed E-state index contributed by atoms with van der Waals surface area (Å²) >= 11 is 0. The molecule has 1 aliphatic heterocycles. The summed E-state index contributed by atoms with van der Waals surface area (Å²) in [5.41, 5.74) is 0. The van der Waals surface area contributed by atoms with Crippen LogP contribution >= 0.6 is 0 Å². The molecule has 4 nitrogen and oxygen atoms in total. The van der Waals surface area contributed by atoms with Crippen molar-refractivity contribution in [2.24, 2.45) is 17.8 Å². The largest absolute Gasteiger partial charge is 0.450 e. The quantitative estimate of drug-likeness (QED) is 0.569. The minimum Gasteiger partial charge on any atom is -0.450 e. The number of fused-ring (bicyclic) bond motifs is 1. The molecule has 1 aliphatic carbocycles. The maximum absolute atomic E-state index is 11.7. The number of piperidine rings is 1. The molecule has 1 amide bonds. The Morgan fingerprint density at radius 1 is 1.35 bits per heavy atom. The van der Waals surface area contributed by atoms with E-state index in [0.717, 1.165) is 12.3 Å². The van der Waals surface area contributed by atoms with Crippen LogP contribution in [0.5, 0.6) is 0 Å². The summed E-state index contributed by atoms with van der Waals surface area (Å²) in [6.07, 6.45) is 0.837. The summed E-state index contributed by atoms with van der Waals surface area (Å²) in [6.45, 7) is 8.75. The molecule has 0 aromatic carbocycles. The molecule has 96 valence electrons. The standard InChI is InChI=1S/C12H21NO3Si/c1-17(2,3)5-4-16-12(15)13-6-9-10(7-13)11(9)8-14/h8-11H,4-7H2,1-3H3/t9-,10+,11?. The zero-order valence-corrected chi connectivity index (χ0v) is 11.8. The number of ether oxygens (including phenoxy) is 1. The first kappa shape index (κ1) is 12.6. The van der Waals surface area contributed by atoms with Gasteiger partial charge in [0.15, 0.2) is 0 Å². The Balaban J connectivity index is 1.67. The molecule has 1 heterocycles. The normalized spacial score (nSPS) is 31.0. The molecular weight excluding hydrogens is 234 g/mol. The van der Waals surface area contributed by atoms with E-state index in [9.17, 15) is 9.59 Å². The molecule has 1 unspecified atom stereocenters. The highest BCUT2D eigenvalue weighted by Gasteiger charge is 2.56. The second kappa shape index (κ2) is 4.44.